The number of pyridine rings is 1. The van der Waals surface area contributed by atoms with Crippen molar-refractivity contribution in [3.05, 3.63) is 22.5 Å². The van der Waals surface area contributed by atoms with Gasteiger partial charge in [0.1, 0.15) is 0 Å². The van der Waals surface area contributed by atoms with Crippen molar-refractivity contribution in [2.24, 2.45) is 7.05 Å². The summed E-state index contributed by atoms with van der Waals surface area (Å²) in [7, 11) is 1.84. The van der Waals surface area contributed by atoms with Crippen LogP contribution in [0.5, 0.6) is 0 Å². The summed E-state index contributed by atoms with van der Waals surface area (Å²) >= 11 is 1.06. The van der Waals surface area contributed by atoms with Crippen LogP contribution < -0.4 is 5.43 Å². The lowest BCUT2D eigenvalue weighted by molar-refractivity contribution is 0.937. The van der Waals surface area contributed by atoms with Crippen molar-refractivity contribution in [3.63, 3.8) is 0 Å². The maximum Gasteiger partial charge on any atom is 0.210 e. The van der Waals surface area contributed by atoms with Crippen molar-refractivity contribution in [1.82, 2.24) is 13.3 Å². The van der Waals surface area contributed by atoms with E-state index in [1.807, 2.05) is 7.05 Å². The van der Waals surface area contributed by atoms with E-state index in [-0.39, 0.29) is 5.43 Å². The molecular weight excluding hydrogens is 162 g/mol. The molecule has 11 heavy (non-hydrogen) atoms. The number of fused-ring (bicyclic) bond motifs is 1. The summed E-state index contributed by atoms with van der Waals surface area (Å²) in [6.45, 7) is 0. The molecule has 56 valence electrons. The van der Waals surface area contributed by atoms with Crippen molar-refractivity contribution >= 4 is 22.9 Å². The Morgan fingerprint density at radius 3 is 3.09 bits per heavy atom. The van der Waals surface area contributed by atoms with Crippen LogP contribution in [0, 0.1) is 0 Å². The monoisotopic (exact) mass is 167 g/mol. The van der Waals surface area contributed by atoms with Gasteiger partial charge in [-0.15, -0.1) is 0 Å². The number of aromatic nitrogens is 3. The van der Waals surface area contributed by atoms with E-state index < -0.39 is 0 Å². The molecule has 0 N–H and O–H groups in total. The van der Waals surface area contributed by atoms with Crippen LogP contribution >= 0.6 is 11.7 Å². The Hall–Kier alpha value is -1.23. The van der Waals surface area contributed by atoms with E-state index in [2.05, 4.69) is 8.75 Å². The van der Waals surface area contributed by atoms with Crippen LogP contribution in [0.2, 0.25) is 0 Å². The minimum Gasteiger partial charge on any atom is -0.333 e. The van der Waals surface area contributed by atoms with Gasteiger partial charge in [0.05, 0.1) is 11.7 Å². The topological polar surface area (TPSA) is 47.8 Å². The minimum absolute atomic E-state index is 0.0631. The van der Waals surface area contributed by atoms with E-state index in [4.69, 9.17) is 0 Å². The molecular formula is C6H5N3OS. The van der Waals surface area contributed by atoms with Gasteiger partial charge in [-0.1, -0.05) is 0 Å². The lowest BCUT2D eigenvalue weighted by atomic mass is 10.4. The molecule has 2 heterocycles. The first-order valence-corrected chi connectivity index (χ1v) is 3.80. The van der Waals surface area contributed by atoms with Crippen molar-refractivity contribution < 1.29 is 0 Å². The van der Waals surface area contributed by atoms with Crippen LogP contribution in [0.3, 0.4) is 0 Å². The van der Waals surface area contributed by atoms with Crippen molar-refractivity contribution in [2.75, 3.05) is 0 Å². The molecule has 5 heteroatoms. The molecule has 4 nitrogen and oxygen atoms in total. The molecule has 0 spiro atoms. The summed E-state index contributed by atoms with van der Waals surface area (Å²) in [5, 5.41) is 0. The molecule has 0 bridgehead atoms. The van der Waals surface area contributed by atoms with E-state index in [0.717, 1.165) is 11.7 Å². The highest BCUT2D eigenvalue weighted by molar-refractivity contribution is 7.00. The lowest BCUT2D eigenvalue weighted by Gasteiger charge is -1.94. The zero-order valence-corrected chi connectivity index (χ0v) is 6.63. The molecule has 0 aliphatic heterocycles. The molecule has 0 saturated carbocycles. The first-order valence-electron chi connectivity index (χ1n) is 3.07. The zero-order chi connectivity index (χ0) is 7.84. The third-order valence-electron chi connectivity index (χ3n) is 1.49. The van der Waals surface area contributed by atoms with Crippen LogP contribution in [-0.4, -0.2) is 13.3 Å². The van der Waals surface area contributed by atoms with E-state index in [0.29, 0.717) is 11.2 Å². The Morgan fingerprint density at radius 1 is 1.55 bits per heavy atom. The van der Waals surface area contributed by atoms with Crippen LogP contribution in [0.1, 0.15) is 0 Å². The predicted octanol–water partition coefficient (Wildman–Crippen LogP) is 0.390. The summed E-state index contributed by atoms with van der Waals surface area (Å²) in [5.74, 6) is 0. The van der Waals surface area contributed by atoms with Crippen LogP contribution in [0.25, 0.3) is 11.2 Å². The van der Waals surface area contributed by atoms with Gasteiger partial charge >= 0.3 is 0 Å². The van der Waals surface area contributed by atoms with Gasteiger partial charge in [-0.3, -0.25) is 4.79 Å². The van der Waals surface area contributed by atoms with Gasteiger partial charge in [0.15, 0.2) is 11.2 Å². The standard InChI is InChI=1S/C6H5N3OS/c1-9-3-2-4(10)5-6(9)8-11-7-5/h2-3H,1H3. The van der Waals surface area contributed by atoms with Gasteiger partial charge in [-0.25, -0.2) is 0 Å². The third-order valence-corrected chi connectivity index (χ3v) is 2.01. The van der Waals surface area contributed by atoms with Crippen molar-refractivity contribution in [1.29, 1.82) is 0 Å². The summed E-state index contributed by atoms with van der Waals surface area (Å²) < 4.78 is 9.63. The maximum atomic E-state index is 11.1. The fourth-order valence-corrected chi connectivity index (χ4v) is 1.49. The summed E-state index contributed by atoms with van der Waals surface area (Å²) in [6, 6.07) is 1.49. The van der Waals surface area contributed by atoms with E-state index >= 15 is 0 Å². The molecule has 0 aliphatic rings. The van der Waals surface area contributed by atoms with Crippen LogP contribution in [0.15, 0.2) is 17.1 Å². The van der Waals surface area contributed by atoms with Crippen LogP contribution in [-0.2, 0) is 7.05 Å². The predicted molar refractivity (Wildman–Crippen MR) is 42.7 cm³/mol. The van der Waals surface area contributed by atoms with Crippen molar-refractivity contribution in [2.45, 2.75) is 0 Å². The lowest BCUT2D eigenvalue weighted by Crippen LogP contribution is -2.04. The highest BCUT2D eigenvalue weighted by atomic mass is 32.1. The van der Waals surface area contributed by atoms with Gasteiger partial charge in [0.2, 0.25) is 5.43 Å². The molecule has 0 fully saturated rings. The molecule has 0 amide bonds. The number of rotatable bonds is 0. The van der Waals surface area contributed by atoms with Crippen LogP contribution in [0.4, 0.5) is 0 Å². The Labute approximate surface area is 66.4 Å². The normalized spacial score (nSPS) is 10.6. The number of aryl methyl sites for hydroxylation is 1. The minimum atomic E-state index is -0.0631. The highest BCUT2D eigenvalue weighted by Gasteiger charge is 2.02. The van der Waals surface area contributed by atoms with E-state index in [1.165, 1.54) is 6.07 Å². The average Bonchev–Trinajstić information content (AvgIpc) is 2.45. The highest BCUT2D eigenvalue weighted by Crippen LogP contribution is 2.03. The molecule has 0 aromatic carbocycles. The molecule has 0 unspecified atom stereocenters. The van der Waals surface area contributed by atoms with E-state index in [9.17, 15) is 4.79 Å². The molecule has 0 aliphatic carbocycles. The van der Waals surface area contributed by atoms with Gasteiger partial charge < -0.3 is 4.57 Å². The van der Waals surface area contributed by atoms with E-state index in [1.54, 1.807) is 10.8 Å². The summed E-state index contributed by atoms with van der Waals surface area (Å²) in [5.41, 5.74) is 1.05. The first kappa shape index (κ1) is 6.48. The smallest absolute Gasteiger partial charge is 0.210 e. The van der Waals surface area contributed by atoms with Gasteiger partial charge in [-0.05, 0) is 0 Å². The molecule has 2 rings (SSSR count). The summed E-state index contributed by atoms with van der Waals surface area (Å²) in [6.07, 6.45) is 1.69. The third kappa shape index (κ3) is 0.848. The second-order valence-corrected chi connectivity index (χ2v) is 2.76. The first-order chi connectivity index (χ1) is 5.29. The van der Waals surface area contributed by atoms with Gasteiger partial charge in [0.25, 0.3) is 0 Å². The maximum absolute atomic E-state index is 11.1. The SMILES string of the molecule is Cn1ccc(=O)c2nsnc21. The van der Waals surface area contributed by atoms with Crippen molar-refractivity contribution in [3.8, 4) is 0 Å². The zero-order valence-electron chi connectivity index (χ0n) is 5.81. The Bertz CT molecular complexity index is 444. The van der Waals surface area contributed by atoms with Gasteiger partial charge in [0, 0.05) is 19.3 Å². The molecule has 0 saturated heterocycles. The fourth-order valence-electron chi connectivity index (χ4n) is 0.900. The Kier molecular flexibility index (Phi) is 1.25. The largest absolute Gasteiger partial charge is 0.333 e. The molecule has 2 aromatic rings. The fraction of sp³-hybridized carbons (Fsp3) is 0.167. The second kappa shape index (κ2) is 2.13. The average molecular weight is 167 g/mol. The van der Waals surface area contributed by atoms with Gasteiger partial charge in [-0.2, -0.15) is 8.75 Å². The molecule has 2 aromatic heterocycles. The Morgan fingerprint density at radius 2 is 2.36 bits per heavy atom. The number of hydrogen-bond donors (Lipinski definition) is 0. The number of hydrogen-bond acceptors (Lipinski definition) is 4. The summed E-state index contributed by atoms with van der Waals surface area (Å²) in [4.78, 5) is 11.1. The second-order valence-electron chi connectivity index (χ2n) is 2.23. The molecule has 0 radical (unpaired) electrons. The quantitative estimate of drug-likeness (QED) is 0.570. The number of nitrogens with zero attached hydrogens (tertiary/aromatic N) is 3. The molecule has 0 atom stereocenters. The Balaban J connectivity index is 3.08.